The monoisotopic (exact) mass is 334 g/mol. The maximum Gasteiger partial charge on any atom is 0.355 e. The van der Waals surface area contributed by atoms with Crippen LogP contribution in [0.3, 0.4) is 0 Å². The van der Waals surface area contributed by atoms with Gasteiger partial charge in [-0.15, -0.1) is 0 Å². The third-order valence-corrected chi connectivity index (χ3v) is 3.11. The largest absolute Gasteiger partial charge is 0.465 e. The van der Waals surface area contributed by atoms with Crippen LogP contribution in [0.1, 0.15) is 37.6 Å². The predicted octanol–water partition coefficient (Wildman–Crippen LogP) is 1.92. The topological polar surface area (TPSA) is 94.1 Å². The van der Waals surface area contributed by atoms with Crippen molar-refractivity contribution in [3.63, 3.8) is 0 Å². The Morgan fingerprint density at radius 2 is 1.67 bits per heavy atom. The lowest BCUT2D eigenvalue weighted by molar-refractivity contribution is -0.147. The van der Waals surface area contributed by atoms with E-state index >= 15 is 0 Å². The van der Waals surface area contributed by atoms with E-state index in [-0.39, 0.29) is 25.3 Å². The summed E-state index contributed by atoms with van der Waals surface area (Å²) in [6.45, 7) is 5.34. The SMILES string of the molecule is CCOC(=O)/C(=N\NC(=O)c1ccccc1)C(CC)C(=O)OCC. The molecule has 0 spiro atoms. The minimum Gasteiger partial charge on any atom is -0.465 e. The van der Waals surface area contributed by atoms with Gasteiger partial charge < -0.3 is 9.47 Å². The molecular formula is C17H22N2O5. The Kier molecular flexibility index (Phi) is 8.18. The van der Waals surface area contributed by atoms with E-state index in [4.69, 9.17) is 9.47 Å². The molecule has 0 aromatic heterocycles. The van der Waals surface area contributed by atoms with Gasteiger partial charge in [0.05, 0.1) is 13.2 Å². The van der Waals surface area contributed by atoms with Crippen LogP contribution in [-0.4, -0.2) is 36.8 Å². The summed E-state index contributed by atoms with van der Waals surface area (Å²) >= 11 is 0. The molecular weight excluding hydrogens is 312 g/mol. The van der Waals surface area contributed by atoms with Gasteiger partial charge in [0.25, 0.3) is 5.91 Å². The number of amides is 1. The van der Waals surface area contributed by atoms with E-state index in [0.717, 1.165) is 0 Å². The highest BCUT2D eigenvalue weighted by atomic mass is 16.5. The van der Waals surface area contributed by atoms with Crippen LogP contribution < -0.4 is 5.43 Å². The number of nitrogens with one attached hydrogen (secondary N) is 1. The van der Waals surface area contributed by atoms with E-state index in [0.29, 0.717) is 5.56 Å². The molecule has 0 bridgehead atoms. The zero-order valence-corrected chi connectivity index (χ0v) is 14.1. The third kappa shape index (κ3) is 5.49. The van der Waals surface area contributed by atoms with Crippen LogP contribution in [0.5, 0.6) is 0 Å². The first-order chi connectivity index (χ1) is 11.5. The van der Waals surface area contributed by atoms with Crippen molar-refractivity contribution in [2.75, 3.05) is 13.2 Å². The summed E-state index contributed by atoms with van der Waals surface area (Å²) in [5, 5.41) is 3.83. The number of hydrazone groups is 1. The van der Waals surface area contributed by atoms with Crippen molar-refractivity contribution in [1.82, 2.24) is 5.43 Å². The van der Waals surface area contributed by atoms with Crippen LogP contribution in [0.2, 0.25) is 0 Å². The average molecular weight is 334 g/mol. The Labute approximate surface area is 141 Å². The second kappa shape index (κ2) is 10.1. The molecule has 1 atom stereocenters. The Morgan fingerprint density at radius 1 is 1.04 bits per heavy atom. The number of hydrogen-bond donors (Lipinski definition) is 1. The van der Waals surface area contributed by atoms with Gasteiger partial charge in [0.1, 0.15) is 5.92 Å². The van der Waals surface area contributed by atoms with Crippen LogP contribution in [0, 0.1) is 5.92 Å². The summed E-state index contributed by atoms with van der Waals surface area (Å²) in [6, 6.07) is 8.41. The Morgan fingerprint density at radius 3 is 2.21 bits per heavy atom. The highest BCUT2D eigenvalue weighted by Gasteiger charge is 2.31. The first-order valence-electron chi connectivity index (χ1n) is 7.81. The Balaban J connectivity index is 3.01. The second-order valence-corrected chi connectivity index (χ2v) is 4.74. The molecule has 0 aliphatic carbocycles. The molecule has 0 saturated heterocycles. The van der Waals surface area contributed by atoms with E-state index in [1.54, 1.807) is 51.1 Å². The number of benzene rings is 1. The lowest BCUT2D eigenvalue weighted by atomic mass is 10.0. The normalized spacial score (nSPS) is 12.2. The molecule has 1 amide bonds. The molecule has 0 aliphatic heterocycles. The van der Waals surface area contributed by atoms with Crippen molar-refractivity contribution < 1.29 is 23.9 Å². The summed E-state index contributed by atoms with van der Waals surface area (Å²) in [5.74, 6) is -2.73. The summed E-state index contributed by atoms with van der Waals surface area (Å²) in [6.07, 6.45) is 0.289. The molecule has 130 valence electrons. The van der Waals surface area contributed by atoms with Crippen LogP contribution in [-0.2, 0) is 19.1 Å². The number of rotatable bonds is 8. The van der Waals surface area contributed by atoms with Crippen molar-refractivity contribution in [2.45, 2.75) is 27.2 Å². The van der Waals surface area contributed by atoms with Crippen molar-refractivity contribution in [1.29, 1.82) is 0 Å². The molecule has 1 unspecified atom stereocenters. The van der Waals surface area contributed by atoms with E-state index in [2.05, 4.69) is 10.5 Å². The van der Waals surface area contributed by atoms with Gasteiger partial charge in [-0.05, 0) is 32.4 Å². The molecule has 1 N–H and O–H groups in total. The summed E-state index contributed by atoms with van der Waals surface area (Å²) < 4.78 is 9.88. The quantitative estimate of drug-likeness (QED) is 0.445. The predicted molar refractivity (Wildman–Crippen MR) is 88.4 cm³/mol. The van der Waals surface area contributed by atoms with Gasteiger partial charge in [-0.25, -0.2) is 10.2 Å². The fourth-order valence-corrected chi connectivity index (χ4v) is 1.95. The molecule has 1 aromatic carbocycles. The summed E-state index contributed by atoms with van der Waals surface area (Å²) in [7, 11) is 0. The zero-order valence-electron chi connectivity index (χ0n) is 14.1. The molecule has 0 aliphatic rings. The number of carbonyl (C=O) groups excluding carboxylic acids is 3. The number of ether oxygens (including phenoxy) is 2. The van der Waals surface area contributed by atoms with Crippen molar-refractivity contribution in [3.05, 3.63) is 35.9 Å². The zero-order chi connectivity index (χ0) is 17.9. The third-order valence-electron chi connectivity index (χ3n) is 3.11. The number of nitrogens with zero attached hydrogens (tertiary/aromatic N) is 1. The summed E-state index contributed by atoms with van der Waals surface area (Å²) in [4.78, 5) is 36.2. The Hall–Kier alpha value is -2.70. The van der Waals surface area contributed by atoms with Crippen molar-refractivity contribution in [3.8, 4) is 0 Å². The molecule has 24 heavy (non-hydrogen) atoms. The number of hydrogen-bond acceptors (Lipinski definition) is 6. The molecule has 0 heterocycles. The lowest BCUT2D eigenvalue weighted by Crippen LogP contribution is -2.35. The van der Waals surface area contributed by atoms with E-state index in [1.165, 1.54) is 0 Å². The van der Waals surface area contributed by atoms with E-state index < -0.39 is 23.8 Å². The minimum atomic E-state index is -0.903. The standard InChI is InChI=1S/C17H22N2O5/c1-4-13(16(21)23-5-2)14(17(22)24-6-3)18-19-15(20)12-10-8-7-9-11-12/h7-11,13H,4-6H2,1-3H3,(H,19,20)/b18-14-. The smallest absolute Gasteiger partial charge is 0.355 e. The molecule has 0 fully saturated rings. The van der Waals surface area contributed by atoms with Gasteiger partial charge in [0.15, 0.2) is 5.71 Å². The highest BCUT2D eigenvalue weighted by Crippen LogP contribution is 2.10. The van der Waals surface area contributed by atoms with Crippen LogP contribution >= 0.6 is 0 Å². The van der Waals surface area contributed by atoms with Crippen LogP contribution in [0.15, 0.2) is 35.4 Å². The lowest BCUT2D eigenvalue weighted by Gasteiger charge is -2.15. The second-order valence-electron chi connectivity index (χ2n) is 4.74. The van der Waals surface area contributed by atoms with Gasteiger partial charge >= 0.3 is 11.9 Å². The molecule has 7 nitrogen and oxygen atoms in total. The molecule has 0 saturated carbocycles. The van der Waals surface area contributed by atoms with E-state index in [9.17, 15) is 14.4 Å². The maximum absolute atomic E-state index is 12.1. The molecule has 0 radical (unpaired) electrons. The highest BCUT2D eigenvalue weighted by molar-refractivity contribution is 6.40. The van der Waals surface area contributed by atoms with Gasteiger partial charge in [-0.3, -0.25) is 9.59 Å². The average Bonchev–Trinajstić information content (AvgIpc) is 2.59. The minimum absolute atomic E-state index is 0.129. The van der Waals surface area contributed by atoms with E-state index in [1.807, 2.05) is 0 Å². The fraction of sp³-hybridized carbons (Fsp3) is 0.412. The first kappa shape index (κ1) is 19.3. The van der Waals surface area contributed by atoms with Gasteiger partial charge in [0, 0.05) is 5.56 Å². The van der Waals surface area contributed by atoms with Crippen LogP contribution in [0.4, 0.5) is 0 Å². The fourth-order valence-electron chi connectivity index (χ4n) is 1.95. The summed E-state index contributed by atoms with van der Waals surface area (Å²) in [5.41, 5.74) is 2.49. The number of carbonyl (C=O) groups is 3. The van der Waals surface area contributed by atoms with Gasteiger partial charge in [0.2, 0.25) is 0 Å². The molecule has 7 heteroatoms. The van der Waals surface area contributed by atoms with Gasteiger partial charge in [-0.1, -0.05) is 25.1 Å². The molecule has 1 rings (SSSR count). The van der Waals surface area contributed by atoms with Crippen LogP contribution in [0.25, 0.3) is 0 Å². The number of esters is 2. The van der Waals surface area contributed by atoms with Crippen molar-refractivity contribution in [2.24, 2.45) is 11.0 Å². The molecule has 1 aromatic rings. The maximum atomic E-state index is 12.1. The van der Waals surface area contributed by atoms with Crippen molar-refractivity contribution >= 4 is 23.6 Å². The van der Waals surface area contributed by atoms with Gasteiger partial charge in [-0.2, -0.15) is 5.10 Å². The Bertz CT molecular complexity index is 598. The first-order valence-corrected chi connectivity index (χ1v) is 7.81.